The lowest BCUT2D eigenvalue weighted by molar-refractivity contribution is 0.242. The topological polar surface area (TPSA) is 47.3 Å². The van der Waals surface area contributed by atoms with Gasteiger partial charge in [0.15, 0.2) is 0 Å². The van der Waals surface area contributed by atoms with Gasteiger partial charge in [-0.05, 0) is 44.9 Å². The molecular weight excluding hydrogens is 224 g/mol. The fourth-order valence-corrected chi connectivity index (χ4v) is 1.84. The summed E-state index contributed by atoms with van der Waals surface area (Å²) < 4.78 is 5.71. The highest BCUT2D eigenvalue weighted by atomic mass is 16.5. The lowest BCUT2D eigenvalue weighted by Crippen LogP contribution is -2.34. The van der Waals surface area contributed by atoms with Gasteiger partial charge in [-0.15, -0.1) is 0 Å². The average molecular weight is 250 g/mol. The summed E-state index contributed by atoms with van der Waals surface area (Å²) in [7, 11) is 0. The van der Waals surface area contributed by atoms with Crippen molar-refractivity contribution in [2.24, 2.45) is 5.73 Å². The van der Waals surface area contributed by atoms with E-state index in [1.165, 1.54) is 5.56 Å². The van der Waals surface area contributed by atoms with Gasteiger partial charge in [0, 0.05) is 18.6 Å². The monoisotopic (exact) mass is 250 g/mol. The van der Waals surface area contributed by atoms with E-state index in [0.717, 1.165) is 12.2 Å². The minimum absolute atomic E-state index is 0.190. The highest BCUT2D eigenvalue weighted by Gasteiger charge is 2.12. The number of nitrogens with two attached hydrogens (primary N) is 1. The van der Waals surface area contributed by atoms with Crippen LogP contribution >= 0.6 is 0 Å². The Morgan fingerprint density at radius 3 is 2.56 bits per heavy atom. The van der Waals surface area contributed by atoms with Crippen LogP contribution in [0.15, 0.2) is 24.3 Å². The summed E-state index contributed by atoms with van der Waals surface area (Å²) in [4.78, 5) is 0. The lowest BCUT2D eigenvalue weighted by atomic mass is 10.1. The van der Waals surface area contributed by atoms with Crippen molar-refractivity contribution in [2.45, 2.75) is 52.3 Å². The van der Waals surface area contributed by atoms with E-state index in [9.17, 15) is 0 Å². The molecule has 0 fully saturated rings. The lowest BCUT2D eigenvalue weighted by Gasteiger charge is -2.22. The molecule has 3 N–H and O–H groups in total. The third-order valence-corrected chi connectivity index (χ3v) is 2.97. The van der Waals surface area contributed by atoms with Crippen molar-refractivity contribution < 1.29 is 4.74 Å². The molecule has 1 aromatic rings. The predicted molar refractivity (Wildman–Crippen MR) is 76.9 cm³/mol. The second-order valence-electron chi connectivity index (χ2n) is 5.00. The number of benzene rings is 1. The van der Waals surface area contributed by atoms with E-state index in [0.29, 0.717) is 12.6 Å². The molecule has 0 radical (unpaired) electrons. The van der Waals surface area contributed by atoms with Crippen LogP contribution in [0.5, 0.6) is 5.75 Å². The van der Waals surface area contributed by atoms with Gasteiger partial charge in [-0.1, -0.05) is 19.1 Å². The number of ether oxygens (including phenoxy) is 1. The highest BCUT2D eigenvalue weighted by Crippen LogP contribution is 2.20. The summed E-state index contributed by atoms with van der Waals surface area (Å²) in [6, 6.07) is 8.84. The van der Waals surface area contributed by atoms with Gasteiger partial charge in [-0.25, -0.2) is 0 Å². The van der Waals surface area contributed by atoms with Crippen molar-refractivity contribution in [1.82, 2.24) is 5.32 Å². The zero-order chi connectivity index (χ0) is 13.5. The quantitative estimate of drug-likeness (QED) is 0.782. The standard InChI is InChI=1S/C15H26N2O/c1-5-12(4)17-15(10-16)13-7-6-8-14(9-13)18-11(2)3/h6-9,11-12,15,17H,5,10,16H2,1-4H3. The molecule has 0 aromatic heterocycles. The SMILES string of the molecule is CCC(C)NC(CN)c1cccc(OC(C)C)c1. The smallest absolute Gasteiger partial charge is 0.120 e. The van der Waals surface area contributed by atoms with Crippen molar-refractivity contribution in [3.8, 4) is 5.75 Å². The summed E-state index contributed by atoms with van der Waals surface area (Å²) in [6.45, 7) is 9.01. The molecule has 0 saturated heterocycles. The largest absolute Gasteiger partial charge is 0.491 e. The molecule has 0 spiro atoms. The summed E-state index contributed by atoms with van der Waals surface area (Å²) in [5.41, 5.74) is 7.05. The Labute approximate surface area is 111 Å². The van der Waals surface area contributed by atoms with E-state index in [4.69, 9.17) is 10.5 Å². The molecule has 18 heavy (non-hydrogen) atoms. The highest BCUT2D eigenvalue weighted by molar-refractivity contribution is 5.31. The molecule has 2 unspecified atom stereocenters. The van der Waals surface area contributed by atoms with Gasteiger partial charge in [0.1, 0.15) is 5.75 Å². The van der Waals surface area contributed by atoms with Crippen molar-refractivity contribution in [1.29, 1.82) is 0 Å². The third kappa shape index (κ3) is 4.67. The Morgan fingerprint density at radius 1 is 1.28 bits per heavy atom. The molecule has 1 rings (SSSR count). The van der Waals surface area contributed by atoms with E-state index in [1.54, 1.807) is 0 Å². The Bertz CT molecular complexity index is 352. The maximum absolute atomic E-state index is 5.86. The number of nitrogens with one attached hydrogen (secondary N) is 1. The van der Waals surface area contributed by atoms with Crippen LogP contribution in [0.1, 0.15) is 45.7 Å². The van der Waals surface area contributed by atoms with Gasteiger partial charge in [-0.2, -0.15) is 0 Å². The van der Waals surface area contributed by atoms with Crippen LogP contribution in [0.2, 0.25) is 0 Å². The van der Waals surface area contributed by atoms with Gasteiger partial charge in [-0.3, -0.25) is 0 Å². The van der Waals surface area contributed by atoms with E-state index in [-0.39, 0.29) is 12.1 Å². The Kier molecular flexibility index (Phi) is 6.16. The minimum atomic E-state index is 0.190. The summed E-state index contributed by atoms with van der Waals surface area (Å²) in [6.07, 6.45) is 1.29. The van der Waals surface area contributed by atoms with Gasteiger partial charge >= 0.3 is 0 Å². The normalized spacial score (nSPS) is 14.6. The first kappa shape index (κ1) is 15.0. The van der Waals surface area contributed by atoms with E-state index >= 15 is 0 Å². The summed E-state index contributed by atoms with van der Waals surface area (Å²) in [5, 5.41) is 3.53. The number of hydrogen-bond acceptors (Lipinski definition) is 3. The van der Waals surface area contributed by atoms with Gasteiger partial charge in [0.2, 0.25) is 0 Å². The third-order valence-electron chi connectivity index (χ3n) is 2.97. The second-order valence-corrected chi connectivity index (χ2v) is 5.00. The molecule has 0 bridgehead atoms. The van der Waals surface area contributed by atoms with Crippen LogP contribution in [0, 0.1) is 0 Å². The van der Waals surface area contributed by atoms with Gasteiger partial charge < -0.3 is 15.8 Å². The fraction of sp³-hybridized carbons (Fsp3) is 0.600. The van der Waals surface area contributed by atoms with E-state index in [2.05, 4.69) is 31.3 Å². The molecule has 1 aromatic carbocycles. The first-order chi connectivity index (χ1) is 8.56. The van der Waals surface area contributed by atoms with Crippen LogP contribution in [0.25, 0.3) is 0 Å². The summed E-state index contributed by atoms with van der Waals surface area (Å²) >= 11 is 0. The molecule has 0 aliphatic carbocycles. The number of rotatable bonds is 7. The fourth-order valence-electron chi connectivity index (χ4n) is 1.84. The van der Waals surface area contributed by atoms with Crippen LogP contribution in [-0.4, -0.2) is 18.7 Å². The molecule has 3 nitrogen and oxygen atoms in total. The molecule has 0 heterocycles. The van der Waals surface area contributed by atoms with Gasteiger partial charge in [0.05, 0.1) is 6.10 Å². The maximum atomic E-state index is 5.86. The van der Waals surface area contributed by atoms with E-state index < -0.39 is 0 Å². The first-order valence-electron chi connectivity index (χ1n) is 6.79. The Hall–Kier alpha value is -1.06. The van der Waals surface area contributed by atoms with E-state index in [1.807, 2.05) is 26.0 Å². The van der Waals surface area contributed by atoms with Crippen LogP contribution < -0.4 is 15.8 Å². The Balaban J connectivity index is 2.79. The predicted octanol–water partition coefficient (Wildman–Crippen LogP) is 2.86. The molecule has 0 amide bonds. The zero-order valence-electron chi connectivity index (χ0n) is 11.9. The Morgan fingerprint density at radius 2 is 2.00 bits per heavy atom. The zero-order valence-corrected chi connectivity index (χ0v) is 11.9. The van der Waals surface area contributed by atoms with Crippen LogP contribution in [0.4, 0.5) is 0 Å². The van der Waals surface area contributed by atoms with Crippen molar-refractivity contribution in [2.75, 3.05) is 6.54 Å². The molecule has 102 valence electrons. The summed E-state index contributed by atoms with van der Waals surface area (Å²) in [5.74, 6) is 0.909. The molecule has 0 saturated carbocycles. The van der Waals surface area contributed by atoms with Crippen molar-refractivity contribution in [3.63, 3.8) is 0 Å². The number of hydrogen-bond donors (Lipinski definition) is 2. The van der Waals surface area contributed by atoms with Crippen molar-refractivity contribution in [3.05, 3.63) is 29.8 Å². The molecular formula is C15H26N2O. The second kappa shape index (κ2) is 7.39. The molecule has 0 aliphatic heterocycles. The minimum Gasteiger partial charge on any atom is -0.491 e. The maximum Gasteiger partial charge on any atom is 0.120 e. The molecule has 3 heteroatoms. The molecule has 2 atom stereocenters. The van der Waals surface area contributed by atoms with Crippen molar-refractivity contribution >= 4 is 0 Å². The average Bonchev–Trinajstić information content (AvgIpc) is 2.35. The van der Waals surface area contributed by atoms with Gasteiger partial charge in [0.25, 0.3) is 0 Å². The molecule has 0 aliphatic rings. The first-order valence-corrected chi connectivity index (χ1v) is 6.79. The van der Waals surface area contributed by atoms with Crippen LogP contribution in [0.3, 0.4) is 0 Å². The van der Waals surface area contributed by atoms with Crippen LogP contribution in [-0.2, 0) is 0 Å².